The first-order chi connectivity index (χ1) is 6.72. The molecule has 0 radical (unpaired) electrons. The van der Waals surface area contributed by atoms with E-state index in [1.165, 1.54) is 0 Å². The van der Waals surface area contributed by atoms with E-state index in [1.54, 1.807) is 0 Å². The maximum atomic E-state index is 9.41. The molecular weight excluding hydrogens is 182 g/mol. The summed E-state index contributed by atoms with van der Waals surface area (Å²) >= 11 is 0. The highest BCUT2D eigenvalue weighted by Gasteiger charge is 2.32. The predicted molar refractivity (Wildman–Crippen MR) is 54.2 cm³/mol. The molecule has 1 aliphatic heterocycles. The molecule has 84 valence electrons. The number of aliphatic hydroxyl groups excluding tert-OH is 2. The highest BCUT2D eigenvalue weighted by molar-refractivity contribution is 4.83. The van der Waals surface area contributed by atoms with Gasteiger partial charge in [0.1, 0.15) is 0 Å². The lowest BCUT2D eigenvalue weighted by atomic mass is 9.80. The number of aliphatic hydroxyl groups is 2. The summed E-state index contributed by atoms with van der Waals surface area (Å²) in [6.45, 7) is 3.39. The van der Waals surface area contributed by atoms with Crippen LogP contribution in [0.5, 0.6) is 0 Å². The van der Waals surface area contributed by atoms with Crippen LogP contribution in [-0.4, -0.2) is 61.7 Å². The Bertz CT molecular complexity index is 157. The molecule has 0 amide bonds. The van der Waals surface area contributed by atoms with E-state index in [9.17, 15) is 5.11 Å². The van der Waals surface area contributed by atoms with E-state index in [2.05, 4.69) is 4.90 Å². The van der Waals surface area contributed by atoms with Gasteiger partial charge < -0.3 is 19.8 Å². The van der Waals surface area contributed by atoms with Gasteiger partial charge in [0.15, 0.2) is 0 Å². The summed E-state index contributed by atoms with van der Waals surface area (Å²) in [5.74, 6) is 0. The van der Waals surface area contributed by atoms with Crippen molar-refractivity contribution in [2.75, 3.05) is 46.6 Å². The summed E-state index contributed by atoms with van der Waals surface area (Å²) in [5.41, 5.74) is -0.0117. The minimum Gasteiger partial charge on any atom is -0.396 e. The summed E-state index contributed by atoms with van der Waals surface area (Å²) in [6.07, 6.45) is 1.83. The van der Waals surface area contributed by atoms with Gasteiger partial charge in [0.2, 0.25) is 0 Å². The third-order valence-corrected chi connectivity index (χ3v) is 2.98. The van der Waals surface area contributed by atoms with Gasteiger partial charge in [0, 0.05) is 31.7 Å². The number of likely N-dealkylation sites (N-methyl/N-ethyl adjacent to an activating group) is 1. The van der Waals surface area contributed by atoms with Gasteiger partial charge >= 0.3 is 0 Å². The maximum absolute atomic E-state index is 9.41. The van der Waals surface area contributed by atoms with Crippen molar-refractivity contribution in [1.29, 1.82) is 0 Å². The first kappa shape index (κ1) is 11.9. The SMILES string of the molecule is CN(CCO)CC1(CO)CCOCC1. The molecule has 0 saturated carbocycles. The molecule has 0 spiro atoms. The molecule has 4 nitrogen and oxygen atoms in total. The van der Waals surface area contributed by atoms with Crippen molar-refractivity contribution in [2.45, 2.75) is 12.8 Å². The van der Waals surface area contributed by atoms with E-state index < -0.39 is 0 Å². The van der Waals surface area contributed by atoms with Gasteiger partial charge in [0.05, 0.1) is 13.2 Å². The highest BCUT2D eigenvalue weighted by atomic mass is 16.5. The fourth-order valence-electron chi connectivity index (χ4n) is 1.99. The standard InChI is InChI=1S/C10H21NO3/c1-11(4-5-12)8-10(9-13)2-6-14-7-3-10/h12-13H,2-9H2,1H3. The molecule has 0 aromatic carbocycles. The van der Waals surface area contributed by atoms with Crippen molar-refractivity contribution in [3.8, 4) is 0 Å². The third-order valence-electron chi connectivity index (χ3n) is 2.98. The molecule has 0 aromatic rings. The van der Waals surface area contributed by atoms with Crippen LogP contribution in [-0.2, 0) is 4.74 Å². The van der Waals surface area contributed by atoms with Crippen LogP contribution >= 0.6 is 0 Å². The number of rotatable bonds is 5. The Labute approximate surface area is 85.5 Å². The van der Waals surface area contributed by atoms with Crippen LogP contribution in [0.1, 0.15) is 12.8 Å². The zero-order chi connectivity index (χ0) is 10.4. The normalized spacial score (nSPS) is 21.4. The van der Waals surface area contributed by atoms with Crippen LogP contribution in [0.2, 0.25) is 0 Å². The number of ether oxygens (including phenoxy) is 1. The number of nitrogens with zero attached hydrogens (tertiary/aromatic N) is 1. The van der Waals surface area contributed by atoms with E-state index in [1.807, 2.05) is 7.05 Å². The molecule has 14 heavy (non-hydrogen) atoms. The Morgan fingerprint density at radius 2 is 1.93 bits per heavy atom. The van der Waals surface area contributed by atoms with Crippen LogP contribution in [0.15, 0.2) is 0 Å². The second-order valence-electron chi connectivity index (χ2n) is 4.23. The number of hydrogen-bond acceptors (Lipinski definition) is 4. The van der Waals surface area contributed by atoms with Crippen LogP contribution in [0.3, 0.4) is 0 Å². The molecule has 1 saturated heterocycles. The largest absolute Gasteiger partial charge is 0.396 e. The Balaban J connectivity index is 2.42. The van der Waals surface area contributed by atoms with E-state index in [4.69, 9.17) is 9.84 Å². The highest BCUT2D eigenvalue weighted by Crippen LogP contribution is 2.30. The minimum atomic E-state index is -0.0117. The molecule has 0 aromatic heterocycles. The molecule has 4 heteroatoms. The molecule has 1 fully saturated rings. The molecule has 2 N–H and O–H groups in total. The van der Waals surface area contributed by atoms with E-state index in [-0.39, 0.29) is 18.6 Å². The van der Waals surface area contributed by atoms with Crippen molar-refractivity contribution in [3.05, 3.63) is 0 Å². The van der Waals surface area contributed by atoms with Crippen molar-refractivity contribution in [1.82, 2.24) is 4.90 Å². The van der Waals surface area contributed by atoms with Gasteiger partial charge in [-0.15, -0.1) is 0 Å². The second kappa shape index (κ2) is 5.66. The lowest BCUT2D eigenvalue weighted by molar-refractivity contribution is -0.0321. The lowest BCUT2D eigenvalue weighted by Gasteiger charge is -2.38. The van der Waals surface area contributed by atoms with Gasteiger partial charge in [-0.25, -0.2) is 0 Å². The zero-order valence-corrected chi connectivity index (χ0v) is 8.91. The Kier molecular flexibility index (Phi) is 4.81. The first-order valence-corrected chi connectivity index (χ1v) is 5.20. The van der Waals surface area contributed by atoms with Crippen molar-refractivity contribution in [2.24, 2.45) is 5.41 Å². The van der Waals surface area contributed by atoms with E-state index in [0.29, 0.717) is 6.54 Å². The zero-order valence-electron chi connectivity index (χ0n) is 8.91. The smallest absolute Gasteiger partial charge is 0.0558 e. The fourth-order valence-corrected chi connectivity index (χ4v) is 1.99. The summed E-state index contributed by atoms with van der Waals surface area (Å²) in [7, 11) is 1.98. The van der Waals surface area contributed by atoms with Crippen LogP contribution in [0.4, 0.5) is 0 Å². The summed E-state index contributed by atoms with van der Waals surface area (Å²) in [4.78, 5) is 2.07. The Morgan fingerprint density at radius 3 is 2.43 bits per heavy atom. The maximum Gasteiger partial charge on any atom is 0.0558 e. The number of hydrogen-bond donors (Lipinski definition) is 2. The van der Waals surface area contributed by atoms with Gasteiger partial charge in [-0.2, -0.15) is 0 Å². The molecule has 0 aliphatic carbocycles. The molecule has 1 aliphatic rings. The molecule has 1 heterocycles. The molecule has 0 atom stereocenters. The molecule has 0 unspecified atom stereocenters. The van der Waals surface area contributed by atoms with Gasteiger partial charge in [0.25, 0.3) is 0 Å². The quantitative estimate of drug-likeness (QED) is 0.644. The second-order valence-corrected chi connectivity index (χ2v) is 4.23. The van der Waals surface area contributed by atoms with Crippen molar-refractivity contribution >= 4 is 0 Å². The lowest BCUT2D eigenvalue weighted by Crippen LogP contribution is -2.43. The predicted octanol–water partition coefficient (Wildman–Crippen LogP) is -0.300. The summed E-state index contributed by atoms with van der Waals surface area (Å²) < 4.78 is 5.29. The van der Waals surface area contributed by atoms with Crippen molar-refractivity contribution in [3.63, 3.8) is 0 Å². The van der Waals surface area contributed by atoms with Crippen LogP contribution in [0.25, 0.3) is 0 Å². The molecule has 1 rings (SSSR count). The minimum absolute atomic E-state index is 0.0117. The first-order valence-electron chi connectivity index (χ1n) is 5.20. The average Bonchev–Trinajstić information content (AvgIpc) is 2.19. The molecule has 0 bridgehead atoms. The molecular formula is C10H21NO3. The third kappa shape index (κ3) is 3.20. The van der Waals surface area contributed by atoms with Gasteiger partial charge in [-0.05, 0) is 19.9 Å². The van der Waals surface area contributed by atoms with E-state index in [0.717, 1.165) is 32.6 Å². The average molecular weight is 203 g/mol. The fraction of sp³-hybridized carbons (Fsp3) is 1.00. The van der Waals surface area contributed by atoms with Crippen molar-refractivity contribution < 1.29 is 14.9 Å². The Morgan fingerprint density at radius 1 is 1.29 bits per heavy atom. The van der Waals surface area contributed by atoms with Crippen LogP contribution < -0.4 is 0 Å². The summed E-state index contributed by atoms with van der Waals surface area (Å²) in [6, 6.07) is 0. The van der Waals surface area contributed by atoms with Gasteiger partial charge in [-0.1, -0.05) is 0 Å². The Hall–Kier alpha value is -0.160. The van der Waals surface area contributed by atoms with Gasteiger partial charge in [-0.3, -0.25) is 0 Å². The monoisotopic (exact) mass is 203 g/mol. The van der Waals surface area contributed by atoms with E-state index >= 15 is 0 Å². The topological polar surface area (TPSA) is 52.9 Å². The summed E-state index contributed by atoms with van der Waals surface area (Å²) in [5, 5.41) is 18.2. The van der Waals surface area contributed by atoms with Crippen LogP contribution in [0, 0.1) is 5.41 Å².